The number of hydrogen-bond acceptors (Lipinski definition) is 3. The van der Waals surface area contributed by atoms with Gasteiger partial charge in [-0.05, 0) is 80.5 Å². The molecule has 2 unspecified atom stereocenters. The molecular weight excluding hydrogens is 346 g/mol. The molecule has 1 aromatic rings. The number of rotatable bonds is 5. The van der Waals surface area contributed by atoms with Crippen LogP contribution in [-0.4, -0.2) is 29.9 Å². The number of nitrogens with zero attached hydrogens (tertiary/aromatic N) is 1. The van der Waals surface area contributed by atoms with Crippen molar-refractivity contribution in [3.63, 3.8) is 0 Å². The predicted octanol–water partition coefficient (Wildman–Crippen LogP) is 3.69. The van der Waals surface area contributed by atoms with E-state index in [1.165, 1.54) is 56.3 Å². The highest BCUT2D eigenvalue weighted by Gasteiger charge is 2.40. The lowest BCUT2D eigenvalue weighted by atomic mass is 9.65. The second-order valence-corrected chi connectivity index (χ2v) is 9.64. The highest BCUT2D eigenvalue weighted by Crippen LogP contribution is 2.41. The van der Waals surface area contributed by atoms with Crippen LogP contribution in [0.15, 0.2) is 24.3 Å². The molecule has 4 nitrogen and oxygen atoms in total. The van der Waals surface area contributed by atoms with Gasteiger partial charge in [0.25, 0.3) is 0 Å². The maximum absolute atomic E-state index is 12.9. The van der Waals surface area contributed by atoms with Crippen LogP contribution in [0.1, 0.15) is 63.0 Å². The summed E-state index contributed by atoms with van der Waals surface area (Å²) >= 11 is 0. The molecule has 1 amide bonds. The molecule has 0 spiro atoms. The minimum Gasteiger partial charge on any atom is -0.352 e. The summed E-state index contributed by atoms with van der Waals surface area (Å²) in [6, 6.07) is 8.94. The fourth-order valence-corrected chi connectivity index (χ4v) is 5.68. The number of carbonyl (C=O) groups is 1. The molecule has 1 heterocycles. The molecule has 1 aromatic carbocycles. The number of benzene rings is 1. The minimum absolute atomic E-state index is 0.158. The number of carbonyl (C=O) groups excluding carboxylic acids is 1. The van der Waals surface area contributed by atoms with Gasteiger partial charge in [-0.2, -0.15) is 0 Å². The number of amides is 1. The molecule has 154 valence electrons. The van der Waals surface area contributed by atoms with Crippen molar-refractivity contribution in [1.82, 2.24) is 10.2 Å². The first kappa shape index (κ1) is 19.9. The van der Waals surface area contributed by atoms with Gasteiger partial charge < -0.3 is 11.1 Å². The number of fused-ring (bicyclic) bond motifs is 2. The smallest absolute Gasteiger partial charge is 0.223 e. The van der Waals surface area contributed by atoms with E-state index in [0.29, 0.717) is 24.4 Å². The van der Waals surface area contributed by atoms with E-state index in [4.69, 9.17) is 5.73 Å². The largest absolute Gasteiger partial charge is 0.352 e. The molecule has 3 N–H and O–H groups in total. The van der Waals surface area contributed by atoms with Gasteiger partial charge in [0.05, 0.1) is 0 Å². The van der Waals surface area contributed by atoms with Crippen molar-refractivity contribution in [3.05, 3.63) is 35.4 Å². The van der Waals surface area contributed by atoms with Gasteiger partial charge in [0, 0.05) is 25.0 Å². The Bertz CT molecular complexity index is 654. The third-order valence-corrected chi connectivity index (χ3v) is 7.63. The van der Waals surface area contributed by atoms with Crippen LogP contribution in [0, 0.1) is 23.7 Å². The van der Waals surface area contributed by atoms with E-state index in [1.807, 2.05) is 0 Å². The first-order valence-electron chi connectivity index (χ1n) is 11.4. The van der Waals surface area contributed by atoms with Gasteiger partial charge in [-0.15, -0.1) is 0 Å². The van der Waals surface area contributed by atoms with Gasteiger partial charge >= 0.3 is 0 Å². The number of hydrogen-bond donors (Lipinski definition) is 2. The topological polar surface area (TPSA) is 58.4 Å². The first-order valence-corrected chi connectivity index (χ1v) is 11.4. The molecule has 2 bridgehead atoms. The molecule has 1 aliphatic heterocycles. The Morgan fingerprint density at radius 1 is 1.07 bits per heavy atom. The molecule has 4 heteroatoms. The number of nitrogens with one attached hydrogen (secondary N) is 1. The molecule has 1 saturated heterocycles. The van der Waals surface area contributed by atoms with Crippen molar-refractivity contribution in [2.45, 2.75) is 71.0 Å². The van der Waals surface area contributed by atoms with Crippen LogP contribution in [0.5, 0.6) is 0 Å². The highest BCUT2D eigenvalue weighted by molar-refractivity contribution is 5.78. The Labute approximate surface area is 170 Å². The average Bonchev–Trinajstić information content (AvgIpc) is 2.68. The lowest BCUT2D eigenvalue weighted by molar-refractivity contribution is -0.128. The Hall–Kier alpha value is -1.39. The van der Waals surface area contributed by atoms with Crippen LogP contribution in [0.2, 0.25) is 0 Å². The van der Waals surface area contributed by atoms with E-state index in [-0.39, 0.29) is 11.8 Å². The van der Waals surface area contributed by atoms with Crippen molar-refractivity contribution < 1.29 is 4.79 Å². The van der Waals surface area contributed by atoms with Crippen LogP contribution in [0.25, 0.3) is 0 Å². The Morgan fingerprint density at radius 2 is 1.71 bits per heavy atom. The lowest BCUT2D eigenvalue weighted by Crippen LogP contribution is -2.49. The second kappa shape index (κ2) is 8.96. The summed E-state index contributed by atoms with van der Waals surface area (Å²) in [5, 5.41) is 3.26. The van der Waals surface area contributed by atoms with Crippen LogP contribution in [0.3, 0.4) is 0 Å². The van der Waals surface area contributed by atoms with Gasteiger partial charge in [-0.3, -0.25) is 9.69 Å². The summed E-state index contributed by atoms with van der Waals surface area (Å²) in [4.78, 5) is 15.4. The number of nitrogens with two attached hydrogens (primary N) is 1. The molecule has 2 atom stereocenters. The summed E-state index contributed by atoms with van der Waals surface area (Å²) in [6.45, 7) is 6.38. The molecule has 0 radical (unpaired) electrons. The van der Waals surface area contributed by atoms with Crippen LogP contribution < -0.4 is 11.1 Å². The number of likely N-dealkylation sites (tertiary alicyclic amines) is 1. The number of piperidine rings is 1. The van der Waals surface area contributed by atoms with Gasteiger partial charge in [0.2, 0.25) is 5.91 Å². The van der Waals surface area contributed by atoms with Crippen LogP contribution in [-0.2, 0) is 17.9 Å². The second-order valence-electron chi connectivity index (χ2n) is 9.64. The third-order valence-electron chi connectivity index (χ3n) is 7.63. The Balaban J connectivity index is 1.33. The van der Waals surface area contributed by atoms with E-state index in [2.05, 4.69) is 41.4 Å². The molecule has 4 rings (SSSR count). The zero-order valence-electron chi connectivity index (χ0n) is 17.4. The van der Waals surface area contributed by atoms with E-state index in [9.17, 15) is 4.79 Å². The zero-order chi connectivity index (χ0) is 19.5. The first-order chi connectivity index (χ1) is 13.6. The standard InChI is InChI=1S/C24H37N3O/c1-17-9-11-27(12-10-17)16-21-6-3-2-5-20(21)15-26-24(28)22-13-18-7-4-8-19(14-22)23(18)25/h2-3,5-6,17-19,22-23H,4,7-16,25H2,1H3,(H,26,28). The quantitative estimate of drug-likeness (QED) is 0.815. The SMILES string of the molecule is CC1CCN(Cc2ccccc2CNC(=O)C2CC3CCCC(C2)C3N)CC1. The van der Waals surface area contributed by atoms with Crippen molar-refractivity contribution >= 4 is 5.91 Å². The summed E-state index contributed by atoms with van der Waals surface area (Å²) in [5.41, 5.74) is 9.02. The van der Waals surface area contributed by atoms with Crippen molar-refractivity contribution in [3.8, 4) is 0 Å². The molecule has 28 heavy (non-hydrogen) atoms. The fourth-order valence-electron chi connectivity index (χ4n) is 5.68. The van der Waals surface area contributed by atoms with E-state index in [1.54, 1.807) is 0 Å². The van der Waals surface area contributed by atoms with E-state index >= 15 is 0 Å². The third kappa shape index (κ3) is 4.60. The van der Waals surface area contributed by atoms with E-state index < -0.39 is 0 Å². The fraction of sp³-hybridized carbons (Fsp3) is 0.708. The van der Waals surface area contributed by atoms with Crippen LogP contribution >= 0.6 is 0 Å². The van der Waals surface area contributed by atoms with Gasteiger partial charge in [-0.1, -0.05) is 37.6 Å². The maximum atomic E-state index is 12.9. The Kier molecular flexibility index (Phi) is 6.37. The maximum Gasteiger partial charge on any atom is 0.223 e. The van der Waals surface area contributed by atoms with Crippen molar-refractivity contribution in [2.24, 2.45) is 29.4 Å². The normalized spacial score (nSPS) is 31.5. The molecule has 3 fully saturated rings. The summed E-state index contributed by atoms with van der Waals surface area (Å²) in [7, 11) is 0. The molecule has 2 saturated carbocycles. The molecule has 2 aliphatic carbocycles. The summed E-state index contributed by atoms with van der Waals surface area (Å²) in [6.07, 6.45) is 8.27. The van der Waals surface area contributed by atoms with Crippen molar-refractivity contribution in [2.75, 3.05) is 13.1 Å². The molecule has 0 aromatic heterocycles. The monoisotopic (exact) mass is 383 g/mol. The van der Waals surface area contributed by atoms with Crippen LogP contribution in [0.4, 0.5) is 0 Å². The lowest BCUT2D eigenvalue weighted by Gasteiger charge is -2.43. The highest BCUT2D eigenvalue weighted by atomic mass is 16.1. The minimum atomic E-state index is 0.158. The zero-order valence-corrected chi connectivity index (χ0v) is 17.4. The van der Waals surface area contributed by atoms with E-state index in [0.717, 1.165) is 25.3 Å². The van der Waals surface area contributed by atoms with Gasteiger partial charge in [-0.25, -0.2) is 0 Å². The average molecular weight is 384 g/mol. The Morgan fingerprint density at radius 3 is 2.39 bits per heavy atom. The summed E-state index contributed by atoms with van der Waals surface area (Å²) < 4.78 is 0. The predicted molar refractivity (Wildman–Crippen MR) is 113 cm³/mol. The van der Waals surface area contributed by atoms with Crippen molar-refractivity contribution in [1.29, 1.82) is 0 Å². The van der Waals surface area contributed by atoms with Gasteiger partial charge in [0.1, 0.15) is 0 Å². The molecule has 3 aliphatic rings. The van der Waals surface area contributed by atoms with Gasteiger partial charge in [0.15, 0.2) is 0 Å². The summed E-state index contributed by atoms with van der Waals surface area (Å²) in [5.74, 6) is 2.36. The molecular formula is C24H37N3O.